The number of hydrogen-bond donors (Lipinski definition) is 1. The summed E-state index contributed by atoms with van der Waals surface area (Å²) in [5.41, 5.74) is 9.93. The Bertz CT molecular complexity index is 2930. The van der Waals surface area contributed by atoms with E-state index >= 15 is 0 Å². The maximum atomic E-state index is 6.63. The molecular weight excluding hydrogens is 675 g/mol. The molecule has 11 rings (SSSR count). The van der Waals surface area contributed by atoms with Crippen LogP contribution < -0.4 is 14.8 Å². The van der Waals surface area contributed by atoms with Crippen molar-refractivity contribution >= 4 is 33.2 Å². The monoisotopic (exact) mass is 709 g/mol. The maximum Gasteiger partial charge on any atom is 0.178 e. The molecule has 1 N–H and O–H groups in total. The summed E-state index contributed by atoms with van der Waals surface area (Å²) in [6.07, 6.45) is -0.415. The van der Waals surface area contributed by atoms with Gasteiger partial charge in [-0.3, -0.25) is 0 Å². The average Bonchev–Trinajstić information content (AvgIpc) is 3.48. The van der Waals surface area contributed by atoms with Gasteiger partial charge < -0.3 is 14.8 Å². The van der Waals surface area contributed by atoms with Crippen LogP contribution in [0.4, 0.5) is 0 Å². The van der Waals surface area contributed by atoms with Crippen molar-refractivity contribution in [2.24, 2.45) is 9.98 Å². The molecule has 3 aliphatic rings. The van der Waals surface area contributed by atoms with E-state index in [2.05, 4.69) is 153 Å². The van der Waals surface area contributed by atoms with Crippen LogP contribution in [0.15, 0.2) is 174 Å². The molecule has 0 amide bonds. The van der Waals surface area contributed by atoms with Crippen molar-refractivity contribution in [1.29, 1.82) is 0 Å². The van der Waals surface area contributed by atoms with Gasteiger partial charge in [-0.15, -0.1) is 0 Å². The second kappa shape index (κ2) is 12.0. The second-order valence-electron chi connectivity index (χ2n) is 15.0. The maximum absolute atomic E-state index is 6.63. The first kappa shape index (κ1) is 31.5. The third kappa shape index (κ3) is 5.08. The van der Waals surface area contributed by atoms with Gasteiger partial charge in [0.05, 0.1) is 0 Å². The Morgan fingerprint density at radius 2 is 1.18 bits per heavy atom. The summed E-state index contributed by atoms with van der Waals surface area (Å²) in [7, 11) is 0. The Hall–Kier alpha value is -6.98. The van der Waals surface area contributed by atoms with Gasteiger partial charge in [-0.05, 0) is 79.2 Å². The third-order valence-corrected chi connectivity index (χ3v) is 11.4. The number of aliphatic imine (C=N–C) groups is 2. The lowest BCUT2D eigenvalue weighted by atomic mass is 9.82. The molecule has 8 aromatic rings. The first-order valence-electron chi connectivity index (χ1n) is 18.8. The first-order valence-corrected chi connectivity index (χ1v) is 18.8. The van der Waals surface area contributed by atoms with Crippen LogP contribution >= 0.6 is 0 Å². The third-order valence-electron chi connectivity index (χ3n) is 11.4. The molecule has 0 saturated carbocycles. The minimum atomic E-state index is -0.415. The molecule has 0 saturated heterocycles. The zero-order valence-electron chi connectivity index (χ0n) is 30.4. The predicted molar refractivity (Wildman–Crippen MR) is 223 cm³/mol. The van der Waals surface area contributed by atoms with Crippen LogP contribution in [0, 0.1) is 0 Å². The van der Waals surface area contributed by atoms with Crippen molar-refractivity contribution < 1.29 is 9.47 Å². The normalized spacial score (nSPS) is 16.1. The van der Waals surface area contributed by atoms with Crippen LogP contribution in [0.1, 0.15) is 47.8 Å². The minimum Gasteiger partial charge on any atom is -0.449 e. The fourth-order valence-electron chi connectivity index (χ4n) is 8.50. The van der Waals surface area contributed by atoms with Crippen LogP contribution in [0.25, 0.3) is 43.8 Å². The topological polar surface area (TPSA) is 55.2 Å². The number of nitrogens with zero attached hydrogens (tertiary/aromatic N) is 2. The zero-order valence-corrected chi connectivity index (χ0v) is 30.4. The van der Waals surface area contributed by atoms with Crippen molar-refractivity contribution in [2.45, 2.75) is 25.4 Å². The Labute approximate surface area is 319 Å². The molecule has 0 aromatic heterocycles. The van der Waals surface area contributed by atoms with Crippen LogP contribution in [0.5, 0.6) is 23.0 Å². The number of ether oxygens (including phenoxy) is 2. The summed E-state index contributed by atoms with van der Waals surface area (Å²) in [5.74, 6) is 4.52. The van der Waals surface area contributed by atoms with Crippen LogP contribution in [-0.4, -0.2) is 11.7 Å². The van der Waals surface area contributed by atoms with Gasteiger partial charge in [0.1, 0.15) is 11.7 Å². The highest BCUT2D eigenvalue weighted by molar-refractivity contribution is 6.17. The molecule has 2 heterocycles. The van der Waals surface area contributed by atoms with Crippen molar-refractivity contribution in [3.8, 4) is 45.3 Å². The summed E-state index contributed by atoms with van der Waals surface area (Å²) in [5, 5.41) is 8.44. The van der Waals surface area contributed by atoms with Crippen LogP contribution in [0.2, 0.25) is 0 Å². The van der Waals surface area contributed by atoms with E-state index in [1.54, 1.807) is 0 Å². The van der Waals surface area contributed by atoms with Gasteiger partial charge in [-0.2, -0.15) is 0 Å². The molecule has 5 heteroatoms. The van der Waals surface area contributed by atoms with Crippen LogP contribution in [-0.2, 0) is 5.41 Å². The number of hydrogen-bond acceptors (Lipinski definition) is 5. The van der Waals surface area contributed by atoms with E-state index in [1.807, 2.05) is 30.3 Å². The molecule has 262 valence electrons. The molecule has 55 heavy (non-hydrogen) atoms. The second-order valence-corrected chi connectivity index (χ2v) is 15.0. The summed E-state index contributed by atoms with van der Waals surface area (Å²) in [6, 6.07) is 57.2. The number of rotatable bonds is 4. The summed E-state index contributed by atoms with van der Waals surface area (Å²) < 4.78 is 13.2. The summed E-state index contributed by atoms with van der Waals surface area (Å²) in [4.78, 5) is 10.3. The van der Waals surface area contributed by atoms with E-state index in [1.165, 1.54) is 38.2 Å². The molecule has 0 fully saturated rings. The van der Waals surface area contributed by atoms with Gasteiger partial charge >= 0.3 is 0 Å². The molecule has 8 aromatic carbocycles. The lowest BCUT2D eigenvalue weighted by Crippen LogP contribution is -2.36. The number of fused-ring (bicyclic) bond motifs is 9. The first-order chi connectivity index (χ1) is 27.0. The molecule has 5 nitrogen and oxygen atoms in total. The minimum absolute atomic E-state index is 0.109. The predicted octanol–water partition coefficient (Wildman–Crippen LogP) is 12.4. The van der Waals surface area contributed by atoms with Gasteiger partial charge in [0.25, 0.3) is 0 Å². The van der Waals surface area contributed by atoms with Gasteiger partial charge in [0.15, 0.2) is 29.2 Å². The largest absolute Gasteiger partial charge is 0.449 e. The highest BCUT2D eigenvalue weighted by Crippen LogP contribution is 2.58. The van der Waals surface area contributed by atoms with Gasteiger partial charge in [0.2, 0.25) is 0 Å². The van der Waals surface area contributed by atoms with E-state index < -0.39 is 6.17 Å². The van der Waals surface area contributed by atoms with Gasteiger partial charge in [-0.1, -0.05) is 153 Å². The highest BCUT2D eigenvalue weighted by atomic mass is 16.6. The number of nitrogens with one attached hydrogen (secondary N) is 1. The Morgan fingerprint density at radius 1 is 0.491 bits per heavy atom. The molecule has 0 radical (unpaired) electrons. The van der Waals surface area contributed by atoms with E-state index in [-0.39, 0.29) is 5.41 Å². The molecule has 1 atom stereocenters. The number of benzene rings is 8. The average molecular weight is 710 g/mol. The molecule has 0 bridgehead atoms. The van der Waals surface area contributed by atoms with Crippen molar-refractivity contribution in [3.63, 3.8) is 0 Å². The number of amidine groups is 2. The summed E-state index contributed by atoms with van der Waals surface area (Å²) >= 11 is 0. The van der Waals surface area contributed by atoms with Crippen molar-refractivity contribution in [3.05, 3.63) is 192 Å². The van der Waals surface area contributed by atoms with Gasteiger partial charge in [0, 0.05) is 22.1 Å². The molecule has 1 unspecified atom stereocenters. The van der Waals surface area contributed by atoms with E-state index in [0.29, 0.717) is 11.5 Å². The Kier molecular flexibility index (Phi) is 6.89. The summed E-state index contributed by atoms with van der Waals surface area (Å²) in [6.45, 7) is 4.55. The molecule has 2 aliphatic heterocycles. The molecule has 1 aliphatic carbocycles. The van der Waals surface area contributed by atoms with E-state index in [4.69, 9.17) is 19.5 Å². The van der Waals surface area contributed by atoms with E-state index in [0.717, 1.165) is 56.6 Å². The van der Waals surface area contributed by atoms with Gasteiger partial charge in [-0.25, -0.2) is 9.98 Å². The van der Waals surface area contributed by atoms with E-state index in [9.17, 15) is 0 Å². The van der Waals surface area contributed by atoms with Crippen molar-refractivity contribution in [1.82, 2.24) is 5.32 Å². The highest BCUT2D eigenvalue weighted by Gasteiger charge is 2.39. The quantitative estimate of drug-likeness (QED) is 0.185. The fourth-order valence-corrected chi connectivity index (χ4v) is 8.50. The van der Waals surface area contributed by atoms with Crippen molar-refractivity contribution in [2.75, 3.05) is 0 Å². The molecule has 0 spiro atoms. The SMILES string of the molecule is CC1(C)c2ccccc2-c2c1ccc1c2Oc2ccc(-c3ccc(C4N=C(c5ccccc5)NC(c5ccc6c(ccc7ccccc76)c5)=N4)cc3)cc2O1. The lowest BCUT2D eigenvalue weighted by Gasteiger charge is -2.25. The smallest absolute Gasteiger partial charge is 0.178 e. The lowest BCUT2D eigenvalue weighted by molar-refractivity contribution is 0.360. The standard InChI is InChI=1S/C50H35N3O2/c1-50(2)40-15-9-8-14-39(40)45-41(50)25-27-43-46(45)55-42-26-23-34(29-44(42)54-43)30-16-19-33(20-17-30)48-51-47(32-11-4-3-5-12-32)52-49(53-48)36-22-24-38-35(28-36)21-18-31-10-6-7-13-37(31)38/h3-29,48H,1-2H3,(H,51,52,53). The zero-order chi connectivity index (χ0) is 36.7. The fraction of sp³-hybridized carbons (Fsp3) is 0.0800. The Balaban J connectivity index is 0.912. The van der Waals surface area contributed by atoms with Crippen LogP contribution in [0.3, 0.4) is 0 Å². The Morgan fingerprint density at radius 3 is 2.05 bits per heavy atom. The molecular formula is C50H35N3O2.